The summed E-state index contributed by atoms with van der Waals surface area (Å²) in [6.07, 6.45) is 14.7. The summed E-state index contributed by atoms with van der Waals surface area (Å²) in [5, 5.41) is 0. The van der Waals surface area contributed by atoms with Crippen molar-refractivity contribution in [3.8, 4) is 0 Å². The minimum Gasteiger partial charge on any atom is -0.499 e. The maximum atomic E-state index is 11.8. The first-order chi connectivity index (χ1) is 12.9. The van der Waals surface area contributed by atoms with E-state index in [0.717, 1.165) is 51.4 Å². The van der Waals surface area contributed by atoms with Gasteiger partial charge in [0.2, 0.25) is 0 Å². The molecule has 0 rings (SSSR count). The number of phosphoric acid groups is 1. The van der Waals surface area contributed by atoms with Crippen LogP contribution in [0.15, 0.2) is 24.7 Å². The van der Waals surface area contributed by atoms with Gasteiger partial charge in [0.15, 0.2) is 0 Å². The van der Waals surface area contributed by atoms with Gasteiger partial charge >= 0.3 is 7.82 Å². The van der Waals surface area contributed by atoms with Crippen LogP contribution in [0.4, 0.5) is 0 Å². The average Bonchev–Trinajstić information content (AvgIpc) is 2.63. The zero-order valence-electron chi connectivity index (χ0n) is 17.5. The molecule has 0 aromatic heterocycles. The predicted molar refractivity (Wildman–Crippen MR) is 109 cm³/mol. The van der Waals surface area contributed by atoms with Crippen LogP contribution < -0.4 is 0 Å². The monoisotopic (exact) mass is 406 g/mol. The van der Waals surface area contributed by atoms with Crippen LogP contribution in [0.1, 0.15) is 79.1 Å². The molecule has 0 heterocycles. The van der Waals surface area contributed by atoms with E-state index in [4.69, 9.17) is 18.5 Å². The zero-order chi connectivity index (χ0) is 20.4. The molecule has 6 nitrogen and oxygen atoms in total. The Hall–Kier alpha value is -0.810. The smallest absolute Gasteiger partial charge is 0.472 e. The molecule has 0 saturated heterocycles. The number of hydrogen-bond acceptors (Lipinski definition) is 5. The lowest BCUT2D eigenvalue weighted by molar-refractivity contribution is 0.136. The molecule has 2 unspecified atom stereocenters. The van der Waals surface area contributed by atoms with Crippen molar-refractivity contribution in [3.05, 3.63) is 24.7 Å². The normalized spacial score (nSPS) is 16.5. The van der Waals surface area contributed by atoms with Crippen LogP contribution in [-0.4, -0.2) is 30.3 Å². The molecule has 160 valence electrons. The van der Waals surface area contributed by atoms with Gasteiger partial charge in [0.25, 0.3) is 0 Å². The van der Waals surface area contributed by atoms with Crippen molar-refractivity contribution in [2.24, 2.45) is 0 Å². The van der Waals surface area contributed by atoms with Crippen LogP contribution in [-0.2, 0) is 23.1 Å². The van der Waals surface area contributed by atoms with Crippen molar-refractivity contribution in [2.75, 3.05) is 13.2 Å². The molecule has 0 saturated carbocycles. The third-order valence-electron chi connectivity index (χ3n) is 3.91. The Bertz CT molecular complexity index is 402. The summed E-state index contributed by atoms with van der Waals surface area (Å²) >= 11 is 0. The highest BCUT2D eigenvalue weighted by Gasteiger charge is 2.20. The van der Waals surface area contributed by atoms with Crippen molar-refractivity contribution in [1.29, 1.82) is 0 Å². The van der Waals surface area contributed by atoms with E-state index in [1.54, 1.807) is 12.5 Å². The summed E-state index contributed by atoms with van der Waals surface area (Å²) in [5.41, 5.74) is 0. The molecule has 0 radical (unpaired) electrons. The van der Waals surface area contributed by atoms with Gasteiger partial charge in [-0.15, -0.1) is 0 Å². The molecule has 0 amide bonds. The fourth-order valence-corrected chi connectivity index (χ4v) is 3.17. The standard InChI is InChI=1S/C20H39O6P/c1-5-15-23-19(3)13-9-7-11-17-25-27(21,22)26-18-12-8-10-14-20(4)24-16-6-2/h5-6,15-16,19-20H,7-14,17-18H2,1-4H3,(H,21,22). The first-order valence-electron chi connectivity index (χ1n) is 10.1. The van der Waals surface area contributed by atoms with E-state index in [9.17, 15) is 9.46 Å². The van der Waals surface area contributed by atoms with E-state index in [-0.39, 0.29) is 25.4 Å². The summed E-state index contributed by atoms with van der Waals surface area (Å²) in [5.74, 6) is 0. The summed E-state index contributed by atoms with van der Waals surface area (Å²) < 4.78 is 32.7. The SMILES string of the molecule is CC=COC(C)CCCCCOP(=O)(O)OCCCCCC(C)OC=CC. The van der Waals surface area contributed by atoms with Crippen LogP contribution in [0.3, 0.4) is 0 Å². The van der Waals surface area contributed by atoms with Crippen molar-refractivity contribution in [3.63, 3.8) is 0 Å². The molecule has 0 spiro atoms. The largest absolute Gasteiger partial charge is 0.499 e. The Labute approximate surface area is 165 Å². The van der Waals surface area contributed by atoms with Gasteiger partial charge in [-0.3, -0.25) is 9.05 Å². The third kappa shape index (κ3) is 18.3. The first kappa shape index (κ1) is 26.2. The van der Waals surface area contributed by atoms with E-state index in [1.165, 1.54) is 0 Å². The van der Waals surface area contributed by atoms with Crippen LogP contribution in [0.5, 0.6) is 0 Å². The molecule has 0 fully saturated rings. The summed E-state index contributed by atoms with van der Waals surface area (Å²) in [7, 11) is -3.93. The number of ether oxygens (including phenoxy) is 2. The Balaban J connectivity index is 3.56. The van der Waals surface area contributed by atoms with Crippen LogP contribution in [0, 0.1) is 0 Å². The molecule has 0 aromatic carbocycles. The van der Waals surface area contributed by atoms with Gasteiger partial charge in [-0.2, -0.15) is 0 Å². The predicted octanol–water partition coefficient (Wildman–Crippen LogP) is 6.12. The van der Waals surface area contributed by atoms with Crippen molar-refractivity contribution in [2.45, 2.75) is 91.3 Å². The number of allylic oxidation sites excluding steroid dienone is 2. The van der Waals surface area contributed by atoms with E-state index in [2.05, 4.69) is 0 Å². The Kier molecular flexibility index (Phi) is 16.8. The van der Waals surface area contributed by atoms with Gasteiger partial charge in [0.05, 0.1) is 37.9 Å². The Morgan fingerprint density at radius 2 is 1.19 bits per heavy atom. The topological polar surface area (TPSA) is 74.2 Å². The molecule has 2 atom stereocenters. The second-order valence-corrected chi connectivity index (χ2v) is 8.12. The highest BCUT2D eigenvalue weighted by atomic mass is 31.2. The van der Waals surface area contributed by atoms with Gasteiger partial charge in [-0.25, -0.2) is 4.57 Å². The van der Waals surface area contributed by atoms with Gasteiger partial charge in [0.1, 0.15) is 0 Å². The molecular formula is C20H39O6P. The van der Waals surface area contributed by atoms with Gasteiger partial charge in [-0.1, -0.05) is 25.0 Å². The quantitative estimate of drug-likeness (QED) is 0.168. The van der Waals surface area contributed by atoms with E-state index in [1.807, 2.05) is 39.8 Å². The first-order valence-corrected chi connectivity index (χ1v) is 11.6. The van der Waals surface area contributed by atoms with Crippen LogP contribution in [0.2, 0.25) is 0 Å². The van der Waals surface area contributed by atoms with Crippen molar-refractivity contribution >= 4 is 7.82 Å². The second-order valence-electron chi connectivity index (χ2n) is 6.67. The highest BCUT2D eigenvalue weighted by molar-refractivity contribution is 7.47. The minimum absolute atomic E-state index is 0.187. The molecule has 1 N–H and O–H groups in total. The maximum Gasteiger partial charge on any atom is 0.472 e. The molecule has 0 aliphatic rings. The third-order valence-corrected chi connectivity index (χ3v) is 4.93. The lowest BCUT2D eigenvalue weighted by atomic mass is 10.1. The molecule has 0 aromatic rings. The Morgan fingerprint density at radius 3 is 1.56 bits per heavy atom. The van der Waals surface area contributed by atoms with Gasteiger partial charge < -0.3 is 14.4 Å². The lowest BCUT2D eigenvalue weighted by Crippen LogP contribution is -2.04. The lowest BCUT2D eigenvalue weighted by Gasteiger charge is -2.13. The number of hydrogen-bond donors (Lipinski definition) is 1. The summed E-state index contributed by atoms with van der Waals surface area (Å²) in [6, 6.07) is 0. The molecule has 0 aliphatic heterocycles. The average molecular weight is 407 g/mol. The van der Waals surface area contributed by atoms with E-state index < -0.39 is 7.82 Å². The van der Waals surface area contributed by atoms with Crippen molar-refractivity contribution in [1.82, 2.24) is 0 Å². The maximum absolute atomic E-state index is 11.8. The van der Waals surface area contributed by atoms with E-state index in [0.29, 0.717) is 0 Å². The van der Waals surface area contributed by atoms with Gasteiger partial charge in [0, 0.05) is 0 Å². The fourth-order valence-electron chi connectivity index (χ4n) is 2.38. The zero-order valence-corrected chi connectivity index (χ0v) is 18.4. The number of rotatable bonds is 18. The second kappa shape index (κ2) is 17.3. The number of phosphoric ester groups is 1. The summed E-state index contributed by atoms with van der Waals surface area (Å²) in [4.78, 5) is 9.65. The van der Waals surface area contributed by atoms with Crippen molar-refractivity contribution < 1.29 is 28.0 Å². The molecule has 7 heteroatoms. The minimum atomic E-state index is -3.93. The molecule has 27 heavy (non-hydrogen) atoms. The molecule has 0 bridgehead atoms. The van der Waals surface area contributed by atoms with E-state index >= 15 is 0 Å². The molecule has 0 aliphatic carbocycles. The summed E-state index contributed by atoms with van der Waals surface area (Å²) in [6.45, 7) is 8.36. The van der Waals surface area contributed by atoms with Gasteiger partial charge in [-0.05, 0) is 66.2 Å². The van der Waals surface area contributed by atoms with Crippen LogP contribution >= 0.6 is 7.82 Å². The fraction of sp³-hybridized carbons (Fsp3) is 0.800. The highest BCUT2D eigenvalue weighted by Crippen LogP contribution is 2.43. The molecular weight excluding hydrogens is 367 g/mol. The van der Waals surface area contributed by atoms with Crippen LogP contribution in [0.25, 0.3) is 0 Å². The number of unbranched alkanes of at least 4 members (excludes halogenated alkanes) is 4. The Morgan fingerprint density at radius 1 is 0.778 bits per heavy atom.